The van der Waals surface area contributed by atoms with E-state index in [1.807, 2.05) is 38.7 Å². The zero-order valence-corrected chi connectivity index (χ0v) is 15.9. The zero-order chi connectivity index (χ0) is 18.7. The third-order valence-corrected chi connectivity index (χ3v) is 4.68. The van der Waals surface area contributed by atoms with Gasteiger partial charge in [0.1, 0.15) is 12.1 Å². The molecule has 0 aromatic carbocycles. The first-order valence-electron chi connectivity index (χ1n) is 9.10. The van der Waals surface area contributed by atoms with Gasteiger partial charge >= 0.3 is 0 Å². The van der Waals surface area contributed by atoms with Gasteiger partial charge in [-0.05, 0) is 32.8 Å². The second-order valence-corrected chi connectivity index (χ2v) is 7.06. The summed E-state index contributed by atoms with van der Waals surface area (Å²) in [6, 6.07) is 1.98. The predicted molar refractivity (Wildman–Crippen MR) is 96.5 cm³/mol. The molecule has 0 radical (unpaired) electrons. The van der Waals surface area contributed by atoms with Crippen molar-refractivity contribution in [1.82, 2.24) is 20.0 Å². The molecule has 1 aliphatic heterocycles. The van der Waals surface area contributed by atoms with Crippen LogP contribution in [0.25, 0.3) is 11.3 Å². The summed E-state index contributed by atoms with van der Waals surface area (Å²) in [5.74, 6) is 0.972. The number of hydrogen-bond acceptors (Lipinski definition) is 6. The molecule has 1 aliphatic rings. The van der Waals surface area contributed by atoms with E-state index in [1.165, 1.54) is 0 Å². The first-order valence-corrected chi connectivity index (χ1v) is 9.10. The van der Waals surface area contributed by atoms with Crippen molar-refractivity contribution in [3.8, 4) is 11.3 Å². The number of carbonyl (C=O) groups is 1. The van der Waals surface area contributed by atoms with E-state index in [0.717, 1.165) is 41.2 Å². The van der Waals surface area contributed by atoms with Crippen molar-refractivity contribution in [1.29, 1.82) is 0 Å². The molecule has 1 saturated heterocycles. The zero-order valence-electron chi connectivity index (χ0n) is 15.9. The molecular formula is C19H26N4O3. The van der Waals surface area contributed by atoms with E-state index >= 15 is 0 Å². The average Bonchev–Trinajstić information content (AvgIpc) is 2.98. The fourth-order valence-corrected chi connectivity index (χ4v) is 3.29. The second kappa shape index (κ2) is 7.95. The van der Waals surface area contributed by atoms with Crippen molar-refractivity contribution in [2.24, 2.45) is 5.92 Å². The van der Waals surface area contributed by atoms with E-state index in [9.17, 15) is 4.79 Å². The van der Waals surface area contributed by atoms with E-state index in [-0.39, 0.29) is 17.9 Å². The Morgan fingerprint density at radius 3 is 2.85 bits per heavy atom. The fourth-order valence-electron chi connectivity index (χ4n) is 3.29. The Morgan fingerprint density at radius 1 is 1.35 bits per heavy atom. The minimum absolute atomic E-state index is 0.0215. The quantitative estimate of drug-likeness (QED) is 0.817. The molecule has 1 amide bonds. The predicted octanol–water partition coefficient (Wildman–Crippen LogP) is 2.56. The van der Waals surface area contributed by atoms with E-state index < -0.39 is 0 Å². The third kappa shape index (κ3) is 4.09. The number of morpholine rings is 1. The van der Waals surface area contributed by atoms with Crippen molar-refractivity contribution < 1.29 is 14.1 Å². The van der Waals surface area contributed by atoms with Crippen LogP contribution in [0.15, 0.2) is 16.9 Å². The highest BCUT2D eigenvalue weighted by Gasteiger charge is 2.25. The molecule has 2 aromatic heterocycles. The largest absolute Gasteiger partial charge is 0.375 e. The number of aromatic nitrogens is 3. The topological polar surface area (TPSA) is 81.4 Å². The smallest absolute Gasteiger partial charge is 0.225 e. The summed E-state index contributed by atoms with van der Waals surface area (Å²) in [6.07, 6.45) is 3.21. The summed E-state index contributed by atoms with van der Waals surface area (Å²) < 4.78 is 11.1. The SMILES string of the molecule is Cc1noc(C)c1-c1cc(CC[C@H]2CN(C(=O)C(C)C)CCO2)ncn1. The standard InChI is InChI=1S/C19H26N4O3/c1-12(2)19(24)23-7-8-25-16(10-23)6-5-15-9-17(21-11-20-15)18-13(3)22-26-14(18)4/h9,11-12,16H,5-8,10H2,1-4H3/t16-/m0/s1. The van der Waals surface area contributed by atoms with Gasteiger partial charge in [-0.3, -0.25) is 4.79 Å². The van der Waals surface area contributed by atoms with Gasteiger partial charge in [0.25, 0.3) is 0 Å². The van der Waals surface area contributed by atoms with Gasteiger partial charge in [-0.2, -0.15) is 0 Å². The molecule has 7 nitrogen and oxygen atoms in total. The van der Waals surface area contributed by atoms with Crippen LogP contribution in [0.5, 0.6) is 0 Å². The first kappa shape index (κ1) is 18.5. The highest BCUT2D eigenvalue weighted by Crippen LogP contribution is 2.25. The van der Waals surface area contributed by atoms with Crippen LogP contribution in [0.3, 0.4) is 0 Å². The highest BCUT2D eigenvalue weighted by atomic mass is 16.5. The highest BCUT2D eigenvalue weighted by molar-refractivity contribution is 5.78. The Hall–Kier alpha value is -2.28. The second-order valence-electron chi connectivity index (χ2n) is 7.06. The maximum Gasteiger partial charge on any atom is 0.225 e. The van der Waals surface area contributed by atoms with Crippen LogP contribution >= 0.6 is 0 Å². The number of aryl methyl sites for hydroxylation is 3. The van der Waals surface area contributed by atoms with Crippen molar-refractivity contribution in [3.63, 3.8) is 0 Å². The van der Waals surface area contributed by atoms with Gasteiger partial charge in [-0.1, -0.05) is 19.0 Å². The molecule has 0 aliphatic carbocycles. The maximum absolute atomic E-state index is 12.2. The van der Waals surface area contributed by atoms with Gasteiger partial charge in [0.2, 0.25) is 5.91 Å². The summed E-state index contributed by atoms with van der Waals surface area (Å²) in [6.45, 7) is 9.58. The van der Waals surface area contributed by atoms with Gasteiger partial charge in [0, 0.05) is 24.7 Å². The van der Waals surface area contributed by atoms with Gasteiger partial charge < -0.3 is 14.2 Å². The van der Waals surface area contributed by atoms with Crippen LogP contribution < -0.4 is 0 Å². The van der Waals surface area contributed by atoms with Crippen molar-refractivity contribution in [3.05, 3.63) is 29.5 Å². The lowest BCUT2D eigenvalue weighted by molar-refractivity contribution is -0.142. The van der Waals surface area contributed by atoms with Crippen molar-refractivity contribution in [2.75, 3.05) is 19.7 Å². The van der Waals surface area contributed by atoms with Crippen LogP contribution in [0.2, 0.25) is 0 Å². The normalized spacial score (nSPS) is 17.7. The fraction of sp³-hybridized carbons (Fsp3) is 0.579. The lowest BCUT2D eigenvalue weighted by Crippen LogP contribution is -2.47. The molecule has 1 atom stereocenters. The molecular weight excluding hydrogens is 332 g/mol. The lowest BCUT2D eigenvalue weighted by atomic mass is 10.1. The first-order chi connectivity index (χ1) is 12.5. The number of carbonyl (C=O) groups excluding carboxylic acids is 1. The van der Waals surface area contributed by atoms with Gasteiger partial charge in [-0.25, -0.2) is 9.97 Å². The number of ether oxygens (including phenoxy) is 1. The van der Waals surface area contributed by atoms with E-state index in [4.69, 9.17) is 9.26 Å². The summed E-state index contributed by atoms with van der Waals surface area (Å²) >= 11 is 0. The molecule has 2 aromatic rings. The maximum atomic E-state index is 12.2. The molecule has 0 bridgehead atoms. The summed E-state index contributed by atoms with van der Waals surface area (Å²) in [7, 11) is 0. The van der Waals surface area contributed by atoms with Crippen molar-refractivity contribution >= 4 is 5.91 Å². The Labute approximate surface area is 153 Å². The molecule has 140 valence electrons. The van der Waals surface area contributed by atoms with Crippen LogP contribution in [0.1, 0.15) is 37.4 Å². The van der Waals surface area contributed by atoms with Gasteiger partial charge in [-0.15, -0.1) is 0 Å². The molecule has 26 heavy (non-hydrogen) atoms. The van der Waals surface area contributed by atoms with Crippen LogP contribution in [0.4, 0.5) is 0 Å². The molecule has 0 unspecified atom stereocenters. The number of hydrogen-bond donors (Lipinski definition) is 0. The Balaban J connectivity index is 1.63. The lowest BCUT2D eigenvalue weighted by Gasteiger charge is -2.34. The molecule has 0 spiro atoms. The summed E-state index contributed by atoms with van der Waals surface area (Å²) in [5, 5.41) is 3.99. The molecule has 0 N–H and O–H groups in total. The molecule has 0 saturated carbocycles. The number of amides is 1. The minimum atomic E-state index is 0.0215. The summed E-state index contributed by atoms with van der Waals surface area (Å²) in [4.78, 5) is 22.8. The monoisotopic (exact) mass is 358 g/mol. The van der Waals surface area contributed by atoms with Crippen LogP contribution in [-0.4, -0.2) is 51.7 Å². The van der Waals surface area contributed by atoms with Crippen LogP contribution in [0, 0.1) is 19.8 Å². The molecule has 7 heteroatoms. The van der Waals surface area contributed by atoms with Crippen molar-refractivity contribution in [2.45, 2.75) is 46.6 Å². The Bertz CT molecular complexity index is 752. The number of rotatable bonds is 5. The average molecular weight is 358 g/mol. The third-order valence-electron chi connectivity index (χ3n) is 4.68. The minimum Gasteiger partial charge on any atom is -0.375 e. The van der Waals surface area contributed by atoms with E-state index in [2.05, 4.69) is 15.1 Å². The summed E-state index contributed by atoms with van der Waals surface area (Å²) in [5.41, 5.74) is 3.53. The van der Waals surface area contributed by atoms with Gasteiger partial charge in [0.05, 0.1) is 29.7 Å². The van der Waals surface area contributed by atoms with Crippen LogP contribution in [-0.2, 0) is 16.0 Å². The Morgan fingerprint density at radius 2 is 2.15 bits per heavy atom. The number of nitrogens with zero attached hydrogens (tertiary/aromatic N) is 4. The Kier molecular flexibility index (Phi) is 5.66. The van der Waals surface area contributed by atoms with E-state index in [0.29, 0.717) is 19.7 Å². The molecule has 3 heterocycles. The van der Waals surface area contributed by atoms with Gasteiger partial charge in [0.15, 0.2) is 0 Å². The molecule has 1 fully saturated rings. The molecule has 3 rings (SSSR count). The van der Waals surface area contributed by atoms with E-state index in [1.54, 1.807) is 6.33 Å².